The Bertz CT molecular complexity index is 772. The monoisotopic (exact) mass is 389 g/mol. The van der Waals surface area contributed by atoms with E-state index in [1.165, 1.54) is 13.2 Å². The fourth-order valence-corrected chi connectivity index (χ4v) is 2.32. The fraction of sp³-hybridized carbons (Fsp3) is 0.111. The Balaban J connectivity index is 2.35. The lowest BCUT2D eigenvalue weighted by molar-refractivity contribution is -0.136. The van der Waals surface area contributed by atoms with Crippen LogP contribution in [0.15, 0.2) is 58.7 Å². The number of carbonyl (C=O) groups excluding carboxylic acids is 2. The molecule has 0 aliphatic carbocycles. The lowest BCUT2D eigenvalue weighted by atomic mass is 10.1. The van der Waals surface area contributed by atoms with E-state index in [4.69, 9.17) is 9.47 Å². The second kappa shape index (κ2) is 8.31. The molecule has 1 amide bonds. The first-order valence-electron chi connectivity index (χ1n) is 7.05. The molecule has 1 N–H and O–H groups in total. The van der Waals surface area contributed by atoms with E-state index in [0.717, 1.165) is 4.47 Å². The van der Waals surface area contributed by atoms with Gasteiger partial charge in [-0.25, -0.2) is 4.79 Å². The van der Waals surface area contributed by atoms with Crippen LogP contribution in [0.25, 0.3) is 6.08 Å². The highest BCUT2D eigenvalue weighted by atomic mass is 79.9. The molecule has 5 nitrogen and oxygen atoms in total. The fourth-order valence-electron chi connectivity index (χ4n) is 1.95. The van der Waals surface area contributed by atoms with Gasteiger partial charge >= 0.3 is 5.97 Å². The van der Waals surface area contributed by atoms with Crippen LogP contribution in [0.5, 0.6) is 5.75 Å². The Morgan fingerprint density at radius 2 is 1.79 bits per heavy atom. The first-order chi connectivity index (χ1) is 11.5. The summed E-state index contributed by atoms with van der Waals surface area (Å²) in [6, 6.07) is 13.9. The van der Waals surface area contributed by atoms with E-state index >= 15 is 0 Å². The molecule has 0 aliphatic heterocycles. The van der Waals surface area contributed by atoms with Crippen LogP contribution in [0, 0.1) is 0 Å². The van der Waals surface area contributed by atoms with Crippen molar-refractivity contribution in [2.24, 2.45) is 0 Å². The SMILES string of the molecule is COC(=O)C(=Cc1cc(OC)ccc1Br)NC(=O)c1ccccc1. The van der Waals surface area contributed by atoms with Gasteiger partial charge in [-0.15, -0.1) is 0 Å². The number of hydrogen-bond acceptors (Lipinski definition) is 4. The quantitative estimate of drug-likeness (QED) is 0.628. The Hall–Kier alpha value is -2.60. The van der Waals surface area contributed by atoms with Gasteiger partial charge in [0.15, 0.2) is 0 Å². The van der Waals surface area contributed by atoms with Crippen molar-refractivity contribution in [3.8, 4) is 5.75 Å². The van der Waals surface area contributed by atoms with Crippen LogP contribution >= 0.6 is 15.9 Å². The molecule has 0 heterocycles. The predicted molar refractivity (Wildman–Crippen MR) is 94.6 cm³/mol. The molecular weight excluding hydrogens is 374 g/mol. The van der Waals surface area contributed by atoms with Gasteiger partial charge in [-0.05, 0) is 42.0 Å². The molecule has 2 aromatic carbocycles. The van der Waals surface area contributed by atoms with E-state index in [1.807, 2.05) is 0 Å². The summed E-state index contributed by atoms with van der Waals surface area (Å²) >= 11 is 3.41. The minimum Gasteiger partial charge on any atom is -0.497 e. The molecule has 0 fully saturated rings. The van der Waals surface area contributed by atoms with Crippen molar-refractivity contribution in [2.75, 3.05) is 14.2 Å². The highest BCUT2D eigenvalue weighted by Crippen LogP contribution is 2.24. The van der Waals surface area contributed by atoms with Gasteiger partial charge < -0.3 is 14.8 Å². The molecular formula is C18H16BrNO4. The zero-order valence-electron chi connectivity index (χ0n) is 13.2. The van der Waals surface area contributed by atoms with Crippen molar-refractivity contribution < 1.29 is 19.1 Å². The van der Waals surface area contributed by atoms with Crippen molar-refractivity contribution in [2.45, 2.75) is 0 Å². The van der Waals surface area contributed by atoms with Crippen LogP contribution in [-0.4, -0.2) is 26.1 Å². The average Bonchev–Trinajstić information content (AvgIpc) is 2.62. The van der Waals surface area contributed by atoms with E-state index in [1.54, 1.807) is 55.6 Å². The summed E-state index contributed by atoms with van der Waals surface area (Å²) in [5.41, 5.74) is 1.14. The summed E-state index contributed by atoms with van der Waals surface area (Å²) in [5, 5.41) is 2.58. The third kappa shape index (κ3) is 4.45. The zero-order valence-corrected chi connectivity index (χ0v) is 14.8. The molecule has 0 aromatic heterocycles. The van der Waals surface area contributed by atoms with E-state index in [9.17, 15) is 9.59 Å². The topological polar surface area (TPSA) is 64.6 Å². The molecule has 0 saturated heterocycles. The van der Waals surface area contributed by atoms with Gasteiger partial charge in [0.05, 0.1) is 14.2 Å². The Kier molecular flexibility index (Phi) is 6.14. The largest absolute Gasteiger partial charge is 0.497 e. The normalized spacial score (nSPS) is 10.9. The van der Waals surface area contributed by atoms with Crippen molar-refractivity contribution in [1.29, 1.82) is 0 Å². The second-order valence-corrected chi connectivity index (χ2v) is 5.61. The van der Waals surface area contributed by atoms with Gasteiger partial charge in [0.25, 0.3) is 5.91 Å². The summed E-state index contributed by atoms with van der Waals surface area (Å²) in [6.45, 7) is 0. The van der Waals surface area contributed by atoms with E-state index in [2.05, 4.69) is 21.2 Å². The minimum atomic E-state index is -0.644. The number of benzene rings is 2. The van der Waals surface area contributed by atoms with Gasteiger partial charge in [0, 0.05) is 10.0 Å². The van der Waals surface area contributed by atoms with E-state index in [-0.39, 0.29) is 5.70 Å². The predicted octanol–water partition coefficient (Wildman–Crippen LogP) is 3.40. The molecule has 2 aromatic rings. The number of halogens is 1. The highest BCUT2D eigenvalue weighted by molar-refractivity contribution is 9.10. The Morgan fingerprint density at radius 3 is 2.42 bits per heavy atom. The number of methoxy groups -OCH3 is 2. The molecule has 2 rings (SSSR count). The second-order valence-electron chi connectivity index (χ2n) is 4.76. The maximum absolute atomic E-state index is 12.3. The molecule has 0 spiro atoms. The number of rotatable bonds is 5. The molecule has 24 heavy (non-hydrogen) atoms. The standard InChI is InChI=1S/C18H16BrNO4/c1-23-14-8-9-15(19)13(10-14)11-16(18(22)24-2)20-17(21)12-6-4-3-5-7-12/h3-11H,1-2H3,(H,20,21). The van der Waals surface area contributed by atoms with Gasteiger partial charge in [-0.3, -0.25) is 4.79 Å². The Labute approximate surface area is 148 Å². The van der Waals surface area contributed by atoms with Crippen LogP contribution in [0.4, 0.5) is 0 Å². The van der Waals surface area contributed by atoms with Crippen LogP contribution in [0.2, 0.25) is 0 Å². The lowest BCUT2D eigenvalue weighted by Gasteiger charge is -2.10. The average molecular weight is 390 g/mol. The van der Waals surface area contributed by atoms with Crippen molar-refractivity contribution in [3.63, 3.8) is 0 Å². The van der Waals surface area contributed by atoms with E-state index < -0.39 is 11.9 Å². The molecule has 0 radical (unpaired) electrons. The number of ether oxygens (including phenoxy) is 2. The van der Waals surface area contributed by atoms with Gasteiger partial charge in [0.2, 0.25) is 0 Å². The molecule has 0 unspecified atom stereocenters. The molecule has 0 bridgehead atoms. The summed E-state index contributed by atoms with van der Waals surface area (Å²) in [6.07, 6.45) is 1.53. The smallest absolute Gasteiger partial charge is 0.354 e. The summed E-state index contributed by atoms with van der Waals surface area (Å²) in [5.74, 6) is -0.414. The molecule has 0 saturated carbocycles. The maximum Gasteiger partial charge on any atom is 0.354 e. The first-order valence-corrected chi connectivity index (χ1v) is 7.84. The van der Waals surface area contributed by atoms with E-state index in [0.29, 0.717) is 16.9 Å². The first kappa shape index (κ1) is 17.7. The molecule has 6 heteroatoms. The molecule has 0 aliphatic rings. The van der Waals surface area contributed by atoms with Crippen molar-refractivity contribution >= 4 is 33.9 Å². The van der Waals surface area contributed by atoms with Crippen LogP contribution in [0.1, 0.15) is 15.9 Å². The molecule has 124 valence electrons. The number of esters is 1. The number of hydrogen-bond donors (Lipinski definition) is 1. The number of nitrogens with one attached hydrogen (secondary N) is 1. The number of carbonyl (C=O) groups is 2. The third-order valence-corrected chi connectivity index (χ3v) is 3.91. The minimum absolute atomic E-state index is 0.0281. The van der Waals surface area contributed by atoms with Gasteiger partial charge in [0.1, 0.15) is 11.4 Å². The van der Waals surface area contributed by atoms with Crippen LogP contribution in [-0.2, 0) is 9.53 Å². The summed E-state index contributed by atoms with van der Waals surface area (Å²) in [4.78, 5) is 24.3. The van der Waals surface area contributed by atoms with Gasteiger partial charge in [-0.2, -0.15) is 0 Å². The van der Waals surface area contributed by atoms with Crippen LogP contribution in [0.3, 0.4) is 0 Å². The maximum atomic E-state index is 12.3. The van der Waals surface area contributed by atoms with Crippen molar-refractivity contribution in [1.82, 2.24) is 5.32 Å². The van der Waals surface area contributed by atoms with Gasteiger partial charge in [-0.1, -0.05) is 34.1 Å². The third-order valence-electron chi connectivity index (χ3n) is 3.19. The Morgan fingerprint density at radius 1 is 1.08 bits per heavy atom. The zero-order chi connectivity index (χ0) is 17.5. The molecule has 0 atom stereocenters. The highest BCUT2D eigenvalue weighted by Gasteiger charge is 2.15. The van der Waals surface area contributed by atoms with Crippen molar-refractivity contribution in [3.05, 3.63) is 69.8 Å². The van der Waals surface area contributed by atoms with Crippen LogP contribution < -0.4 is 10.1 Å². The summed E-state index contributed by atoms with van der Waals surface area (Å²) in [7, 11) is 2.81. The number of amides is 1. The summed E-state index contributed by atoms with van der Waals surface area (Å²) < 4.78 is 10.7. The lowest BCUT2D eigenvalue weighted by Crippen LogP contribution is -2.28.